The molecule has 0 unspecified atom stereocenters. The number of hydrogen-bond donors (Lipinski definition) is 1. The molecule has 0 saturated carbocycles. The second kappa shape index (κ2) is 7.75. The number of halogens is 1. The second-order valence-corrected chi connectivity index (χ2v) is 6.50. The molecule has 0 atom stereocenters. The van der Waals surface area contributed by atoms with Crippen LogP contribution in [0.15, 0.2) is 42.5 Å². The third kappa shape index (κ3) is 3.78. The third-order valence-corrected chi connectivity index (χ3v) is 4.63. The topological polar surface area (TPSA) is 89.9 Å². The Morgan fingerprint density at radius 2 is 1.96 bits per heavy atom. The fourth-order valence-electron chi connectivity index (χ4n) is 3.25. The maximum Gasteiger partial charge on any atom is 0.250 e. The van der Waals surface area contributed by atoms with Crippen molar-refractivity contribution in [3.05, 3.63) is 53.6 Å². The molecule has 4 rings (SSSR count). The van der Waals surface area contributed by atoms with E-state index in [1.807, 2.05) is 49.4 Å². The Labute approximate surface area is 163 Å². The normalized spacial score (nSPS) is 13.0. The van der Waals surface area contributed by atoms with E-state index in [0.29, 0.717) is 12.4 Å². The van der Waals surface area contributed by atoms with E-state index in [4.69, 9.17) is 5.73 Å². The maximum atomic E-state index is 12.8. The molecule has 1 aliphatic heterocycles. The van der Waals surface area contributed by atoms with Crippen molar-refractivity contribution in [1.82, 2.24) is 20.2 Å². The molecule has 3 aromatic rings. The smallest absolute Gasteiger partial charge is 0.250 e. The first-order chi connectivity index (χ1) is 12.6. The summed E-state index contributed by atoms with van der Waals surface area (Å²) in [5.74, 6) is 0.450. The van der Waals surface area contributed by atoms with Gasteiger partial charge in [-0.1, -0.05) is 35.9 Å². The van der Waals surface area contributed by atoms with Gasteiger partial charge < -0.3 is 10.6 Å². The highest BCUT2D eigenvalue weighted by atomic mass is 35.5. The first kappa shape index (κ1) is 18.8. The predicted molar refractivity (Wildman–Crippen MR) is 107 cm³/mol. The predicted octanol–water partition coefficient (Wildman–Crippen LogP) is 2.63. The van der Waals surface area contributed by atoms with Crippen molar-refractivity contribution in [2.75, 3.05) is 17.2 Å². The van der Waals surface area contributed by atoms with Gasteiger partial charge in [0.2, 0.25) is 5.82 Å². The van der Waals surface area contributed by atoms with Crippen LogP contribution in [0.3, 0.4) is 0 Å². The van der Waals surface area contributed by atoms with E-state index in [0.717, 1.165) is 35.3 Å². The Balaban J connectivity index is 0.00000210. The van der Waals surface area contributed by atoms with Crippen LogP contribution >= 0.6 is 12.4 Å². The molecular formula is C19H21ClN6O. The highest BCUT2D eigenvalue weighted by Gasteiger charge is 2.24. The number of nitrogens with zero attached hydrogens (tertiary/aromatic N) is 5. The minimum absolute atomic E-state index is 0. The lowest BCUT2D eigenvalue weighted by Crippen LogP contribution is -2.38. The van der Waals surface area contributed by atoms with Crippen molar-refractivity contribution in [1.29, 1.82) is 0 Å². The third-order valence-electron chi connectivity index (χ3n) is 4.63. The van der Waals surface area contributed by atoms with Crippen molar-refractivity contribution < 1.29 is 4.79 Å². The van der Waals surface area contributed by atoms with E-state index in [1.54, 1.807) is 4.90 Å². The van der Waals surface area contributed by atoms with Crippen LogP contribution in [0, 0.1) is 6.92 Å². The molecule has 140 valence electrons. The van der Waals surface area contributed by atoms with E-state index in [-0.39, 0.29) is 24.9 Å². The van der Waals surface area contributed by atoms with Crippen LogP contribution in [0.2, 0.25) is 0 Å². The summed E-state index contributed by atoms with van der Waals surface area (Å²) < 4.78 is 0. The Bertz CT molecular complexity index is 953. The second-order valence-electron chi connectivity index (χ2n) is 6.50. The zero-order valence-electron chi connectivity index (χ0n) is 15.0. The van der Waals surface area contributed by atoms with Crippen LogP contribution in [-0.2, 0) is 17.8 Å². The molecule has 0 fully saturated rings. The molecule has 0 spiro atoms. The summed E-state index contributed by atoms with van der Waals surface area (Å²) >= 11 is 0. The fraction of sp³-hybridized carbons (Fsp3) is 0.263. The Morgan fingerprint density at radius 1 is 1.19 bits per heavy atom. The number of anilines is 2. The number of rotatable bonds is 3. The Hall–Kier alpha value is -2.93. The molecule has 7 nitrogen and oxygen atoms in total. The van der Waals surface area contributed by atoms with Gasteiger partial charge in [0.05, 0.1) is 0 Å². The van der Waals surface area contributed by atoms with Gasteiger partial charge in [-0.15, -0.1) is 22.6 Å². The first-order valence-corrected chi connectivity index (χ1v) is 8.64. The van der Waals surface area contributed by atoms with Gasteiger partial charge in [-0.2, -0.15) is 4.80 Å². The molecule has 1 aromatic heterocycles. The number of tetrazole rings is 1. The summed E-state index contributed by atoms with van der Waals surface area (Å²) in [6.45, 7) is 2.75. The van der Waals surface area contributed by atoms with Gasteiger partial charge in [0.1, 0.15) is 6.54 Å². The van der Waals surface area contributed by atoms with Gasteiger partial charge >= 0.3 is 0 Å². The van der Waals surface area contributed by atoms with Gasteiger partial charge in [-0.3, -0.25) is 4.79 Å². The van der Waals surface area contributed by atoms with Crippen LogP contribution in [0.5, 0.6) is 0 Å². The lowest BCUT2D eigenvalue weighted by Gasteiger charge is -2.30. The minimum atomic E-state index is -0.0654. The number of aromatic nitrogens is 4. The Kier molecular flexibility index (Phi) is 5.41. The van der Waals surface area contributed by atoms with Crippen LogP contribution in [0.1, 0.15) is 17.5 Å². The van der Waals surface area contributed by atoms with Crippen molar-refractivity contribution in [2.45, 2.75) is 26.3 Å². The van der Waals surface area contributed by atoms with E-state index in [2.05, 4.69) is 15.4 Å². The number of amides is 1. The standard InChI is InChI=1S/C19H20N6O.ClH/c1-13-7-9-14(10-8-13)19-21-23-25(22-19)12-18(26)24-11-3-4-15-16(20)5-2-6-17(15)24;/h2,5-10H,3-4,11-12,20H2,1H3;1H. The number of nitrogen functional groups attached to an aromatic ring is 1. The summed E-state index contributed by atoms with van der Waals surface area (Å²) in [5, 5.41) is 12.4. The zero-order valence-corrected chi connectivity index (χ0v) is 15.8. The highest BCUT2D eigenvalue weighted by molar-refractivity contribution is 5.95. The van der Waals surface area contributed by atoms with Crippen molar-refractivity contribution in [3.8, 4) is 11.4 Å². The van der Waals surface area contributed by atoms with E-state index in [9.17, 15) is 4.79 Å². The van der Waals surface area contributed by atoms with Gasteiger partial charge in [0.15, 0.2) is 0 Å². The number of carbonyl (C=O) groups excluding carboxylic acids is 1. The summed E-state index contributed by atoms with van der Waals surface area (Å²) in [6, 6.07) is 13.6. The number of aryl methyl sites for hydroxylation is 1. The number of carbonyl (C=O) groups is 1. The average molecular weight is 385 g/mol. The lowest BCUT2D eigenvalue weighted by molar-refractivity contribution is -0.119. The van der Waals surface area contributed by atoms with Gasteiger partial charge in [0.25, 0.3) is 5.91 Å². The molecule has 1 aliphatic rings. The highest BCUT2D eigenvalue weighted by Crippen LogP contribution is 2.31. The molecule has 0 bridgehead atoms. The van der Waals surface area contributed by atoms with Gasteiger partial charge in [0, 0.05) is 23.5 Å². The van der Waals surface area contributed by atoms with Crippen LogP contribution in [-0.4, -0.2) is 32.7 Å². The van der Waals surface area contributed by atoms with Crippen LogP contribution in [0.4, 0.5) is 11.4 Å². The molecule has 2 N–H and O–H groups in total. The molecule has 0 radical (unpaired) electrons. The first-order valence-electron chi connectivity index (χ1n) is 8.64. The number of fused-ring (bicyclic) bond motifs is 1. The maximum absolute atomic E-state index is 12.8. The van der Waals surface area contributed by atoms with Crippen LogP contribution < -0.4 is 10.6 Å². The molecule has 8 heteroatoms. The monoisotopic (exact) mass is 384 g/mol. The average Bonchev–Trinajstić information content (AvgIpc) is 3.10. The summed E-state index contributed by atoms with van der Waals surface area (Å²) in [7, 11) is 0. The lowest BCUT2D eigenvalue weighted by atomic mass is 10.00. The quantitative estimate of drug-likeness (QED) is 0.701. The van der Waals surface area contributed by atoms with Gasteiger partial charge in [-0.05, 0) is 42.7 Å². The molecule has 2 heterocycles. The number of hydrogen-bond acceptors (Lipinski definition) is 5. The van der Waals surface area contributed by atoms with Gasteiger partial charge in [-0.25, -0.2) is 0 Å². The van der Waals surface area contributed by atoms with Crippen LogP contribution in [0.25, 0.3) is 11.4 Å². The van der Waals surface area contributed by atoms with Crippen molar-refractivity contribution in [2.24, 2.45) is 0 Å². The Morgan fingerprint density at radius 3 is 2.74 bits per heavy atom. The molecule has 1 amide bonds. The van der Waals surface area contributed by atoms with E-state index in [1.165, 1.54) is 10.4 Å². The summed E-state index contributed by atoms with van der Waals surface area (Å²) in [5.41, 5.74) is 10.8. The fourth-order valence-corrected chi connectivity index (χ4v) is 3.25. The molecule has 27 heavy (non-hydrogen) atoms. The zero-order chi connectivity index (χ0) is 18.1. The largest absolute Gasteiger partial charge is 0.398 e. The summed E-state index contributed by atoms with van der Waals surface area (Å²) in [6.07, 6.45) is 1.79. The molecular weight excluding hydrogens is 364 g/mol. The minimum Gasteiger partial charge on any atom is -0.398 e. The molecule has 0 aliphatic carbocycles. The van der Waals surface area contributed by atoms with E-state index < -0.39 is 0 Å². The van der Waals surface area contributed by atoms with Crippen molar-refractivity contribution >= 4 is 29.7 Å². The molecule has 0 saturated heterocycles. The SMILES string of the molecule is Cc1ccc(-c2nnn(CC(=O)N3CCCc4c(N)cccc43)n2)cc1.Cl. The van der Waals surface area contributed by atoms with Crippen molar-refractivity contribution in [3.63, 3.8) is 0 Å². The number of nitrogens with two attached hydrogens (primary N) is 1. The molecule has 2 aromatic carbocycles. The van der Waals surface area contributed by atoms with E-state index >= 15 is 0 Å². The number of benzene rings is 2. The summed E-state index contributed by atoms with van der Waals surface area (Å²) in [4.78, 5) is 15.9.